The minimum Gasteiger partial charge on any atom is -0.368 e. The molecule has 0 aliphatic heterocycles. The van der Waals surface area contributed by atoms with Crippen molar-refractivity contribution in [3.63, 3.8) is 0 Å². The summed E-state index contributed by atoms with van der Waals surface area (Å²) in [6.07, 6.45) is 4.41. The van der Waals surface area contributed by atoms with Crippen molar-refractivity contribution >= 4 is 11.8 Å². The number of nitrogens with one attached hydrogen (secondary N) is 1. The standard InChI is InChI=1S/C5H7N5O/c6-5(10-11)9-4-3-7-1-2-8-4/h1-3,11H,(H3,6,8,9,10). The molecular formula is C5H7N5O. The summed E-state index contributed by atoms with van der Waals surface area (Å²) in [6.45, 7) is 0. The van der Waals surface area contributed by atoms with E-state index in [1.165, 1.54) is 18.6 Å². The van der Waals surface area contributed by atoms with Gasteiger partial charge in [-0.25, -0.2) is 10.5 Å². The Hall–Kier alpha value is -1.69. The van der Waals surface area contributed by atoms with Crippen molar-refractivity contribution in [3.8, 4) is 0 Å². The van der Waals surface area contributed by atoms with Gasteiger partial charge in [-0.3, -0.25) is 10.2 Å². The topological polar surface area (TPSA) is 96.4 Å². The predicted octanol–water partition coefficient (Wildman–Crippen LogP) is -0.598. The van der Waals surface area contributed by atoms with Gasteiger partial charge in [0.15, 0.2) is 5.82 Å². The highest BCUT2D eigenvalue weighted by Crippen LogP contribution is 2.00. The summed E-state index contributed by atoms with van der Waals surface area (Å²) in [6, 6.07) is 0. The van der Waals surface area contributed by atoms with E-state index in [-0.39, 0.29) is 5.96 Å². The third-order valence-corrected chi connectivity index (χ3v) is 0.899. The van der Waals surface area contributed by atoms with Crippen LogP contribution in [0.3, 0.4) is 0 Å². The van der Waals surface area contributed by atoms with E-state index in [1.54, 1.807) is 5.48 Å². The molecule has 0 aliphatic rings. The van der Waals surface area contributed by atoms with Crippen molar-refractivity contribution in [1.29, 1.82) is 0 Å². The SMILES string of the molecule is NC(=Nc1cnccn1)NO. The lowest BCUT2D eigenvalue weighted by atomic mass is 10.7. The van der Waals surface area contributed by atoms with Crippen LogP contribution in [0.15, 0.2) is 23.6 Å². The van der Waals surface area contributed by atoms with Crippen LogP contribution in [0.25, 0.3) is 0 Å². The molecule has 1 rings (SSSR count). The summed E-state index contributed by atoms with van der Waals surface area (Å²) in [7, 11) is 0. The van der Waals surface area contributed by atoms with Crippen molar-refractivity contribution in [2.45, 2.75) is 0 Å². The predicted molar refractivity (Wildman–Crippen MR) is 38.2 cm³/mol. The summed E-state index contributed by atoms with van der Waals surface area (Å²) < 4.78 is 0. The monoisotopic (exact) mass is 153 g/mol. The first-order valence-electron chi connectivity index (χ1n) is 2.83. The maximum atomic E-state index is 8.24. The maximum Gasteiger partial charge on any atom is 0.219 e. The quantitative estimate of drug-likeness (QED) is 0.284. The van der Waals surface area contributed by atoms with E-state index in [4.69, 9.17) is 10.9 Å². The summed E-state index contributed by atoms with van der Waals surface area (Å²) >= 11 is 0. The molecule has 0 radical (unpaired) electrons. The summed E-state index contributed by atoms with van der Waals surface area (Å²) in [5, 5.41) is 8.24. The Bertz CT molecular complexity index is 246. The average molecular weight is 153 g/mol. The minimum atomic E-state index is -0.120. The van der Waals surface area contributed by atoms with Gasteiger partial charge in [0.25, 0.3) is 0 Å². The fourth-order valence-corrected chi connectivity index (χ4v) is 0.497. The van der Waals surface area contributed by atoms with Gasteiger partial charge < -0.3 is 5.73 Å². The molecular weight excluding hydrogens is 146 g/mol. The third-order valence-electron chi connectivity index (χ3n) is 0.899. The van der Waals surface area contributed by atoms with Gasteiger partial charge in [0.2, 0.25) is 5.96 Å². The third kappa shape index (κ3) is 2.18. The van der Waals surface area contributed by atoms with Crippen LogP contribution in [0.1, 0.15) is 0 Å². The number of nitrogens with two attached hydrogens (primary N) is 1. The lowest BCUT2D eigenvalue weighted by Gasteiger charge is -1.94. The molecule has 11 heavy (non-hydrogen) atoms. The Labute approximate surface area is 62.8 Å². The van der Waals surface area contributed by atoms with Crippen LogP contribution in [0.5, 0.6) is 0 Å². The fraction of sp³-hybridized carbons (Fsp3) is 0. The highest BCUT2D eigenvalue weighted by molar-refractivity contribution is 5.78. The minimum absolute atomic E-state index is 0.120. The Kier molecular flexibility index (Phi) is 2.34. The Morgan fingerprint density at radius 3 is 3.00 bits per heavy atom. The lowest BCUT2D eigenvalue weighted by Crippen LogP contribution is -2.27. The van der Waals surface area contributed by atoms with Crippen LogP contribution in [0.2, 0.25) is 0 Å². The Morgan fingerprint density at radius 2 is 2.45 bits per heavy atom. The zero-order valence-corrected chi connectivity index (χ0v) is 5.60. The van der Waals surface area contributed by atoms with Gasteiger partial charge in [0, 0.05) is 12.4 Å². The van der Waals surface area contributed by atoms with Crippen molar-refractivity contribution < 1.29 is 5.21 Å². The molecule has 1 aromatic rings. The normalized spacial score (nSPS) is 11.2. The second-order valence-electron chi connectivity index (χ2n) is 1.67. The number of hydroxylamine groups is 1. The van der Waals surface area contributed by atoms with Crippen molar-refractivity contribution in [3.05, 3.63) is 18.6 Å². The summed E-state index contributed by atoms with van der Waals surface area (Å²) in [5.41, 5.74) is 6.80. The summed E-state index contributed by atoms with van der Waals surface area (Å²) in [5.74, 6) is 0.219. The Morgan fingerprint density at radius 1 is 1.64 bits per heavy atom. The van der Waals surface area contributed by atoms with Crippen LogP contribution >= 0.6 is 0 Å². The number of hydrogen-bond acceptors (Lipinski definition) is 4. The first-order valence-corrected chi connectivity index (χ1v) is 2.83. The summed E-state index contributed by atoms with van der Waals surface area (Å²) in [4.78, 5) is 11.2. The molecule has 0 saturated heterocycles. The maximum absolute atomic E-state index is 8.24. The number of guanidine groups is 1. The molecule has 1 heterocycles. The van der Waals surface area contributed by atoms with Gasteiger partial charge in [-0.1, -0.05) is 0 Å². The first kappa shape index (κ1) is 7.42. The van der Waals surface area contributed by atoms with Crippen LogP contribution in [0.4, 0.5) is 5.82 Å². The van der Waals surface area contributed by atoms with Gasteiger partial charge in [0.1, 0.15) is 0 Å². The van der Waals surface area contributed by atoms with E-state index in [0.29, 0.717) is 5.82 Å². The molecule has 4 N–H and O–H groups in total. The van der Waals surface area contributed by atoms with Gasteiger partial charge in [-0.05, 0) is 0 Å². The molecule has 0 saturated carbocycles. The molecule has 0 spiro atoms. The average Bonchev–Trinajstić information content (AvgIpc) is 2.06. The molecule has 1 aromatic heterocycles. The van der Waals surface area contributed by atoms with E-state index in [9.17, 15) is 0 Å². The molecule has 0 bridgehead atoms. The van der Waals surface area contributed by atoms with Crippen molar-refractivity contribution in [2.24, 2.45) is 10.7 Å². The van der Waals surface area contributed by atoms with Gasteiger partial charge in [-0.15, -0.1) is 0 Å². The lowest BCUT2D eigenvalue weighted by molar-refractivity contribution is 0.233. The van der Waals surface area contributed by atoms with Gasteiger partial charge in [0.05, 0.1) is 6.20 Å². The largest absolute Gasteiger partial charge is 0.368 e. The molecule has 6 nitrogen and oxygen atoms in total. The van der Waals surface area contributed by atoms with Crippen LogP contribution in [-0.4, -0.2) is 21.1 Å². The molecule has 58 valence electrons. The number of nitrogens with zero attached hydrogens (tertiary/aromatic N) is 3. The van der Waals surface area contributed by atoms with Crippen molar-refractivity contribution in [1.82, 2.24) is 15.4 Å². The van der Waals surface area contributed by atoms with E-state index in [0.717, 1.165) is 0 Å². The van der Waals surface area contributed by atoms with E-state index >= 15 is 0 Å². The van der Waals surface area contributed by atoms with E-state index in [1.807, 2.05) is 0 Å². The van der Waals surface area contributed by atoms with E-state index in [2.05, 4.69) is 15.0 Å². The van der Waals surface area contributed by atoms with Crippen molar-refractivity contribution in [2.75, 3.05) is 0 Å². The Balaban J connectivity index is 2.79. The molecule has 0 unspecified atom stereocenters. The molecule has 0 aliphatic carbocycles. The second-order valence-corrected chi connectivity index (χ2v) is 1.67. The first-order chi connectivity index (χ1) is 5.33. The number of hydrogen-bond donors (Lipinski definition) is 3. The number of aliphatic imine (C=N–C) groups is 1. The van der Waals surface area contributed by atoms with Crippen LogP contribution in [-0.2, 0) is 0 Å². The van der Waals surface area contributed by atoms with E-state index < -0.39 is 0 Å². The van der Waals surface area contributed by atoms with Crippen LogP contribution in [0, 0.1) is 0 Å². The molecule has 0 atom stereocenters. The van der Waals surface area contributed by atoms with Gasteiger partial charge in [-0.2, -0.15) is 4.99 Å². The van der Waals surface area contributed by atoms with Gasteiger partial charge >= 0.3 is 0 Å². The molecule has 6 heteroatoms. The van der Waals surface area contributed by atoms with Crippen LogP contribution < -0.4 is 11.2 Å². The molecule has 0 fully saturated rings. The second kappa shape index (κ2) is 3.47. The zero-order valence-electron chi connectivity index (χ0n) is 5.60. The zero-order chi connectivity index (χ0) is 8.10. The highest BCUT2D eigenvalue weighted by atomic mass is 16.5. The number of aromatic nitrogens is 2. The molecule has 0 amide bonds. The molecule has 0 aromatic carbocycles. The number of rotatable bonds is 1. The fourth-order valence-electron chi connectivity index (χ4n) is 0.497. The smallest absolute Gasteiger partial charge is 0.219 e. The highest BCUT2D eigenvalue weighted by Gasteiger charge is 1.89.